The molecule has 0 bridgehead atoms. The summed E-state index contributed by atoms with van der Waals surface area (Å²) in [7, 11) is 0. The van der Waals surface area contributed by atoms with Gasteiger partial charge in [-0.25, -0.2) is 8.78 Å². The van der Waals surface area contributed by atoms with Crippen molar-refractivity contribution in [3.05, 3.63) is 63.6 Å². The van der Waals surface area contributed by atoms with Crippen LogP contribution in [0.1, 0.15) is 11.1 Å². The molecule has 0 fully saturated rings. The van der Waals surface area contributed by atoms with E-state index >= 15 is 0 Å². The number of benzene rings is 2. The number of hydrogen-bond donors (Lipinski definition) is 2. The molecule has 0 atom stereocenters. The molecule has 0 aromatic heterocycles. The molecule has 1 amide bonds. The largest absolute Gasteiger partial charge is 0.326 e. The van der Waals surface area contributed by atoms with Gasteiger partial charge >= 0.3 is 0 Å². The van der Waals surface area contributed by atoms with Crippen molar-refractivity contribution in [3.63, 3.8) is 0 Å². The molecular weight excluding hydrogens is 342 g/mol. The van der Waals surface area contributed by atoms with Crippen molar-refractivity contribution in [3.8, 4) is 0 Å². The van der Waals surface area contributed by atoms with E-state index in [0.29, 0.717) is 6.54 Å². The molecule has 3 nitrogen and oxygen atoms in total. The molecule has 0 aliphatic rings. The number of halogens is 3. The minimum Gasteiger partial charge on any atom is -0.326 e. The Bertz CT molecular complexity index is 677. The van der Waals surface area contributed by atoms with Crippen LogP contribution in [0.15, 0.2) is 40.9 Å². The molecule has 0 aliphatic carbocycles. The van der Waals surface area contributed by atoms with Crippen LogP contribution in [0.25, 0.3) is 0 Å². The van der Waals surface area contributed by atoms with Crippen LogP contribution in [0.2, 0.25) is 0 Å². The van der Waals surface area contributed by atoms with E-state index in [1.807, 2.05) is 12.1 Å². The van der Waals surface area contributed by atoms with Crippen molar-refractivity contribution < 1.29 is 13.6 Å². The van der Waals surface area contributed by atoms with Gasteiger partial charge in [-0.2, -0.15) is 0 Å². The number of nitrogens with two attached hydrogens (primary N) is 1. The number of amides is 1. The van der Waals surface area contributed by atoms with Crippen LogP contribution in [0.4, 0.5) is 14.5 Å². The summed E-state index contributed by atoms with van der Waals surface area (Å²) in [5, 5.41) is 2.36. The lowest BCUT2D eigenvalue weighted by atomic mass is 10.0. The van der Waals surface area contributed by atoms with E-state index in [1.54, 1.807) is 12.1 Å². The van der Waals surface area contributed by atoms with Gasteiger partial charge in [-0.1, -0.05) is 24.3 Å². The predicted octanol–water partition coefficient (Wildman–Crippen LogP) is 3.37. The molecule has 110 valence electrons. The summed E-state index contributed by atoms with van der Waals surface area (Å²) in [6.07, 6.45) is 0.0461. The highest BCUT2D eigenvalue weighted by atomic mass is 79.9. The fourth-order valence-corrected chi connectivity index (χ4v) is 2.23. The highest BCUT2D eigenvalue weighted by Gasteiger charge is 2.12. The first-order valence-electron chi connectivity index (χ1n) is 6.22. The Morgan fingerprint density at radius 3 is 2.48 bits per heavy atom. The van der Waals surface area contributed by atoms with Gasteiger partial charge in [-0.15, -0.1) is 0 Å². The summed E-state index contributed by atoms with van der Waals surface area (Å²) in [4.78, 5) is 11.9. The van der Waals surface area contributed by atoms with Crippen LogP contribution < -0.4 is 11.1 Å². The first-order chi connectivity index (χ1) is 10.0. The molecule has 0 unspecified atom stereocenters. The second-order valence-electron chi connectivity index (χ2n) is 4.44. The second kappa shape index (κ2) is 6.78. The lowest BCUT2D eigenvalue weighted by Gasteiger charge is -2.10. The van der Waals surface area contributed by atoms with E-state index in [2.05, 4.69) is 21.2 Å². The highest BCUT2D eigenvalue weighted by molar-refractivity contribution is 9.10. The standard InChI is InChI=1S/C15H13BrF2N2O/c16-11-6-13(18)14(7-12(11)17)20-15(21)5-9-3-1-2-4-10(9)8-19/h1-4,6-7H,5,8,19H2,(H,20,21). The number of anilines is 1. The van der Waals surface area contributed by atoms with Gasteiger partial charge in [0.2, 0.25) is 5.91 Å². The van der Waals surface area contributed by atoms with Crippen molar-refractivity contribution >= 4 is 27.5 Å². The van der Waals surface area contributed by atoms with E-state index in [9.17, 15) is 13.6 Å². The van der Waals surface area contributed by atoms with Crippen molar-refractivity contribution in [1.82, 2.24) is 0 Å². The number of hydrogen-bond acceptors (Lipinski definition) is 2. The summed E-state index contributed by atoms with van der Waals surface area (Å²) >= 11 is 2.88. The zero-order valence-corrected chi connectivity index (χ0v) is 12.6. The minimum absolute atomic E-state index is 0.00600. The highest BCUT2D eigenvalue weighted by Crippen LogP contribution is 2.23. The molecule has 0 saturated carbocycles. The van der Waals surface area contributed by atoms with Gasteiger partial charge in [0.1, 0.15) is 11.6 Å². The zero-order valence-electron chi connectivity index (χ0n) is 11.0. The summed E-state index contributed by atoms with van der Waals surface area (Å²) in [6.45, 7) is 0.310. The SMILES string of the molecule is NCc1ccccc1CC(=O)Nc1cc(F)c(Br)cc1F. The monoisotopic (exact) mass is 354 g/mol. The quantitative estimate of drug-likeness (QED) is 0.827. The summed E-state index contributed by atoms with van der Waals surface area (Å²) in [5.74, 6) is -1.78. The fraction of sp³-hybridized carbons (Fsp3) is 0.133. The Kier molecular flexibility index (Phi) is 5.03. The molecule has 21 heavy (non-hydrogen) atoms. The maximum atomic E-state index is 13.6. The Labute approximate surface area is 129 Å². The molecule has 3 N–H and O–H groups in total. The molecule has 0 saturated heterocycles. The van der Waals surface area contributed by atoms with Gasteiger partial charge in [0.05, 0.1) is 16.6 Å². The molecule has 2 aromatic rings. The van der Waals surface area contributed by atoms with Crippen LogP contribution in [-0.4, -0.2) is 5.91 Å². The summed E-state index contributed by atoms with van der Waals surface area (Å²) in [6, 6.07) is 9.13. The molecule has 2 rings (SSSR count). The van der Waals surface area contributed by atoms with Gasteiger partial charge in [-0.05, 0) is 33.1 Å². The molecule has 2 aromatic carbocycles. The van der Waals surface area contributed by atoms with Crippen LogP contribution in [0, 0.1) is 11.6 Å². The zero-order chi connectivity index (χ0) is 15.4. The third-order valence-corrected chi connectivity index (χ3v) is 3.58. The molecule has 0 heterocycles. The number of nitrogens with one attached hydrogen (secondary N) is 1. The van der Waals surface area contributed by atoms with Crippen LogP contribution >= 0.6 is 15.9 Å². The van der Waals surface area contributed by atoms with Gasteiger partial charge in [0, 0.05) is 12.6 Å². The smallest absolute Gasteiger partial charge is 0.228 e. The Hall–Kier alpha value is -1.79. The third kappa shape index (κ3) is 3.86. The first-order valence-corrected chi connectivity index (χ1v) is 7.02. The number of carbonyl (C=O) groups excluding carboxylic acids is 1. The van der Waals surface area contributed by atoms with Crippen molar-refractivity contribution in [2.45, 2.75) is 13.0 Å². The molecule has 0 radical (unpaired) electrons. The van der Waals surface area contributed by atoms with E-state index in [4.69, 9.17) is 5.73 Å². The van der Waals surface area contributed by atoms with Gasteiger partial charge in [0.25, 0.3) is 0 Å². The second-order valence-corrected chi connectivity index (χ2v) is 5.30. The molecule has 6 heteroatoms. The van der Waals surface area contributed by atoms with E-state index < -0.39 is 17.5 Å². The van der Waals surface area contributed by atoms with Crippen molar-refractivity contribution in [1.29, 1.82) is 0 Å². The van der Waals surface area contributed by atoms with E-state index in [1.165, 1.54) is 0 Å². The van der Waals surface area contributed by atoms with Crippen LogP contribution in [-0.2, 0) is 17.8 Å². The Morgan fingerprint density at radius 1 is 1.14 bits per heavy atom. The minimum atomic E-state index is -0.705. The topological polar surface area (TPSA) is 55.1 Å². The number of carbonyl (C=O) groups is 1. The lowest BCUT2D eigenvalue weighted by molar-refractivity contribution is -0.115. The van der Waals surface area contributed by atoms with Gasteiger partial charge in [-0.3, -0.25) is 4.79 Å². The third-order valence-electron chi connectivity index (χ3n) is 2.97. The fourth-order valence-electron chi connectivity index (χ4n) is 1.91. The molecular formula is C15H13BrF2N2O. The van der Waals surface area contributed by atoms with Crippen molar-refractivity contribution in [2.24, 2.45) is 5.73 Å². The summed E-state index contributed by atoms with van der Waals surface area (Å²) in [5.41, 5.74) is 7.01. The first kappa shape index (κ1) is 15.6. The van der Waals surface area contributed by atoms with E-state index in [-0.39, 0.29) is 16.6 Å². The maximum absolute atomic E-state index is 13.6. The number of rotatable bonds is 4. The average molecular weight is 355 g/mol. The predicted molar refractivity (Wildman–Crippen MR) is 80.7 cm³/mol. The lowest BCUT2D eigenvalue weighted by Crippen LogP contribution is -2.17. The van der Waals surface area contributed by atoms with Crippen LogP contribution in [0.5, 0.6) is 0 Å². The van der Waals surface area contributed by atoms with E-state index in [0.717, 1.165) is 23.3 Å². The average Bonchev–Trinajstić information content (AvgIpc) is 2.45. The maximum Gasteiger partial charge on any atom is 0.228 e. The Morgan fingerprint density at radius 2 is 1.81 bits per heavy atom. The van der Waals surface area contributed by atoms with Crippen molar-refractivity contribution in [2.75, 3.05) is 5.32 Å². The van der Waals surface area contributed by atoms with Gasteiger partial charge in [0.15, 0.2) is 0 Å². The Balaban J connectivity index is 2.14. The normalized spacial score (nSPS) is 10.5. The molecule has 0 spiro atoms. The summed E-state index contributed by atoms with van der Waals surface area (Å²) < 4.78 is 27.0. The van der Waals surface area contributed by atoms with Crippen LogP contribution in [0.3, 0.4) is 0 Å². The van der Waals surface area contributed by atoms with Gasteiger partial charge < -0.3 is 11.1 Å². The molecule has 0 aliphatic heterocycles.